The topological polar surface area (TPSA) is 307 Å². The Morgan fingerprint density at radius 3 is 0.943 bits per heavy atom. The highest BCUT2D eigenvalue weighted by Gasteiger charge is 2.54. The van der Waals surface area contributed by atoms with Crippen molar-refractivity contribution in [3.05, 3.63) is 36.5 Å². The van der Waals surface area contributed by atoms with Gasteiger partial charge in [0.25, 0.3) is 0 Å². The van der Waals surface area contributed by atoms with Crippen molar-refractivity contribution < 1.29 is 89.4 Å². The minimum Gasteiger partial charge on any atom is -0.394 e. The van der Waals surface area contributed by atoms with Crippen LogP contribution >= 0.6 is 0 Å². The first-order valence-corrected chi connectivity index (χ1v) is 44.2. The van der Waals surface area contributed by atoms with Gasteiger partial charge in [0.2, 0.25) is 5.91 Å². The summed E-state index contributed by atoms with van der Waals surface area (Å²) in [6, 6.07) is -0.996. The van der Waals surface area contributed by atoms with Crippen molar-refractivity contribution in [3.8, 4) is 0 Å². The number of rotatable bonds is 72. The first-order valence-electron chi connectivity index (χ1n) is 44.2. The fourth-order valence-corrected chi connectivity index (χ4v) is 15.1. The Kier molecular flexibility index (Phi) is 62.5. The van der Waals surface area contributed by atoms with Crippen LogP contribution in [0.3, 0.4) is 0 Å². The minimum atomic E-state index is -1.98. The van der Waals surface area contributed by atoms with E-state index in [1.807, 2.05) is 6.08 Å². The third-order valence-corrected chi connectivity index (χ3v) is 22.2. The zero-order valence-electron chi connectivity index (χ0n) is 67.2. The molecule has 0 aromatic carbocycles. The molecule has 3 saturated heterocycles. The average Bonchev–Trinajstić information content (AvgIpc) is 0.781. The van der Waals surface area contributed by atoms with Gasteiger partial charge in [-0.05, 0) is 44.9 Å². The van der Waals surface area contributed by atoms with E-state index in [4.69, 9.17) is 28.4 Å². The third kappa shape index (κ3) is 46.3. The van der Waals surface area contributed by atoms with Gasteiger partial charge in [0, 0.05) is 6.42 Å². The molecule has 0 radical (unpaired) electrons. The molecule has 19 heteroatoms. The molecular weight excluding hydrogens is 1350 g/mol. The molecule has 0 aromatic rings. The molecule has 3 heterocycles. The fourth-order valence-electron chi connectivity index (χ4n) is 15.1. The Morgan fingerprint density at radius 1 is 0.330 bits per heavy atom. The summed E-state index contributed by atoms with van der Waals surface area (Å²) in [4.78, 5) is 13.5. The number of allylic oxidation sites excluding steroid dienone is 5. The maximum Gasteiger partial charge on any atom is 0.220 e. The van der Waals surface area contributed by atoms with Gasteiger partial charge in [-0.2, -0.15) is 0 Å². The van der Waals surface area contributed by atoms with Gasteiger partial charge < -0.3 is 89.9 Å². The summed E-state index contributed by atoms with van der Waals surface area (Å²) in [5.74, 6) is -0.282. The van der Waals surface area contributed by atoms with Crippen LogP contribution in [-0.4, -0.2) is 193 Å². The second kappa shape index (κ2) is 67.5. The van der Waals surface area contributed by atoms with Crippen molar-refractivity contribution in [2.45, 2.75) is 484 Å². The van der Waals surface area contributed by atoms with Crippen LogP contribution in [0.5, 0.6) is 0 Å². The molecular formula is C87H163NO18. The summed E-state index contributed by atoms with van der Waals surface area (Å²) in [5, 5.41) is 121. The lowest BCUT2D eigenvalue weighted by Crippen LogP contribution is -2.66. The third-order valence-electron chi connectivity index (χ3n) is 22.2. The lowest BCUT2D eigenvalue weighted by atomic mass is 9.96. The van der Waals surface area contributed by atoms with Gasteiger partial charge in [-0.3, -0.25) is 4.79 Å². The van der Waals surface area contributed by atoms with E-state index in [1.54, 1.807) is 6.08 Å². The molecule has 0 aromatic heterocycles. The van der Waals surface area contributed by atoms with Crippen molar-refractivity contribution in [1.29, 1.82) is 0 Å². The number of hydrogen-bond acceptors (Lipinski definition) is 18. The predicted molar refractivity (Wildman–Crippen MR) is 425 cm³/mol. The highest BCUT2D eigenvalue weighted by atomic mass is 16.8. The molecule has 19 nitrogen and oxygen atoms in total. The maximum absolute atomic E-state index is 13.5. The Hall–Kier alpha value is -1.99. The lowest BCUT2D eigenvalue weighted by Gasteiger charge is -2.48. The number of unbranched alkanes of at least 4 members (excludes halogenated alkanes) is 52. The van der Waals surface area contributed by atoms with Crippen molar-refractivity contribution in [1.82, 2.24) is 5.32 Å². The van der Waals surface area contributed by atoms with Gasteiger partial charge in [0.15, 0.2) is 18.9 Å². The van der Waals surface area contributed by atoms with E-state index >= 15 is 0 Å². The molecule has 624 valence electrons. The zero-order valence-corrected chi connectivity index (χ0v) is 67.2. The first-order chi connectivity index (χ1) is 51.8. The highest BCUT2D eigenvalue weighted by molar-refractivity contribution is 5.76. The van der Waals surface area contributed by atoms with Gasteiger partial charge >= 0.3 is 0 Å². The summed E-state index contributed by atoms with van der Waals surface area (Å²) in [5.41, 5.74) is 0. The van der Waals surface area contributed by atoms with Crippen LogP contribution in [0.1, 0.15) is 380 Å². The SMILES string of the molecule is CCCCCCCCCCCCC/C=C/CC/C=C/CC/C=C/C(O)C(COC1OC(CO)C(OC2OC(CO)C(OC3OC(CO)C(O)C(O)C3O)C(O)C2O)C(O)C1O)NC(=O)CCCCCCCCCCCCCCCCCCCCCCCCCCCCCCCCCCCCCCCCCC. The lowest BCUT2D eigenvalue weighted by molar-refractivity contribution is -0.379. The van der Waals surface area contributed by atoms with E-state index in [1.165, 1.54) is 302 Å². The number of amides is 1. The van der Waals surface area contributed by atoms with Gasteiger partial charge in [-0.15, -0.1) is 0 Å². The largest absolute Gasteiger partial charge is 0.394 e. The standard InChI is InChI=1S/C87H163NO18/c1-3-5-7-9-11-13-15-17-19-21-23-25-26-27-28-29-30-31-32-33-34-35-36-37-38-39-40-41-42-43-45-47-49-51-53-55-57-59-61-63-65-75(93)88-70(71(92)64-62-60-58-56-54-52-50-48-46-44-24-22-20-18-16-14-12-10-8-6-4-2)69-101-85-81(99)78(96)83(73(67-90)103-85)106-87-82(100)79(97)84(74(68-91)104-87)105-86-80(98)77(95)76(94)72(66-89)102-86/h46,48,54,56,62,64,70-74,76-87,89-92,94-100H,3-45,47,49-53,55,57-61,63,65-69H2,1-2H3,(H,88,93)/b48-46+,56-54+,64-62+. The zero-order chi connectivity index (χ0) is 76.7. The number of nitrogens with one attached hydrogen (secondary N) is 1. The van der Waals surface area contributed by atoms with E-state index < -0.39 is 124 Å². The number of aliphatic hydroxyl groups excluding tert-OH is 11. The molecule has 3 fully saturated rings. The average molecular weight is 1510 g/mol. The number of aliphatic hydroxyl groups is 11. The van der Waals surface area contributed by atoms with Gasteiger partial charge in [0.1, 0.15) is 73.2 Å². The second-order valence-corrected chi connectivity index (χ2v) is 31.7. The Bertz CT molecular complexity index is 2050. The van der Waals surface area contributed by atoms with Crippen LogP contribution in [0, 0.1) is 0 Å². The van der Waals surface area contributed by atoms with Crippen LogP contribution in [0.4, 0.5) is 0 Å². The molecule has 0 bridgehead atoms. The minimum absolute atomic E-state index is 0.237. The molecule has 0 spiro atoms. The summed E-state index contributed by atoms with van der Waals surface area (Å²) in [6.45, 7) is 1.77. The predicted octanol–water partition coefficient (Wildman–Crippen LogP) is 16.2. The Labute approximate surface area is 644 Å². The van der Waals surface area contributed by atoms with E-state index in [0.29, 0.717) is 12.8 Å². The smallest absolute Gasteiger partial charge is 0.220 e. The maximum atomic E-state index is 13.5. The van der Waals surface area contributed by atoms with Crippen LogP contribution < -0.4 is 5.32 Å². The molecule has 0 aliphatic carbocycles. The molecule has 1 amide bonds. The highest BCUT2D eigenvalue weighted by Crippen LogP contribution is 2.34. The molecule has 3 rings (SSSR count). The van der Waals surface area contributed by atoms with Crippen LogP contribution in [-0.2, 0) is 33.2 Å². The van der Waals surface area contributed by atoms with Crippen LogP contribution in [0.15, 0.2) is 36.5 Å². The van der Waals surface area contributed by atoms with Crippen molar-refractivity contribution >= 4 is 5.91 Å². The van der Waals surface area contributed by atoms with E-state index in [2.05, 4.69) is 43.5 Å². The summed E-state index contributed by atoms with van der Waals surface area (Å²) < 4.78 is 34.5. The van der Waals surface area contributed by atoms with Crippen molar-refractivity contribution in [3.63, 3.8) is 0 Å². The van der Waals surface area contributed by atoms with Gasteiger partial charge in [0.05, 0.1) is 38.6 Å². The van der Waals surface area contributed by atoms with Gasteiger partial charge in [-0.25, -0.2) is 0 Å². The van der Waals surface area contributed by atoms with Crippen LogP contribution in [0.25, 0.3) is 0 Å². The monoisotopic (exact) mass is 1510 g/mol. The fraction of sp³-hybridized carbons (Fsp3) is 0.920. The normalized spacial score (nSPS) is 25.8. The summed E-state index contributed by atoms with van der Waals surface area (Å²) in [7, 11) is 0. The van der Waals surface area contributed by atoms with E-state index in [-0.39, 0.29) is 18.9 Å². The number of ether oxygens (including phenoxy) is 6. The Morgan fingerprint density at radius 2 is 0.604 bits per heavy atom. The summed E-state index contributed by atoms with van der Waals surface area (Å²) in [6.07, 6.45) is 59.0. The molecule has 0 saturated carbocycles. The number of carbonyl (C=O) groups excluding carboxylic acids is 1. The van der Waals surface area contributed by atoms with Crippen LogP contribution in [0.2, 0.25) is 0 Å². The Balaban J connectivity index is 1.30. The quantitative estimate of drug-likeness (QED) is 0.0199. The molecule has 12 N–H and O–H groups in total. The molecule has 3 aliphatic rings. The molecule has 17 atom stereocenters. The van der Waals surface area contributed by atoms with E-state index in [0.717, 1.165) is 44.9 Å². The van der Waals surface area contributed by atoms with Crippen molar-refractivity contribution in [2.24, 2.45) is 0 Å². The van der Waals surface area contributed by atoms with Crippen molar-refractivity contribution in [2.75, 3.05) is 26.4 Å². The second-order valence-electron chi connectivity index (χ2n) is 31.7. The number of hydrogen-bond donors (Lipinski definition) is 12. The van der Waals surface area contributed by atoms with Gasteiger partial charge in [-0.1, -0.05) is 365 Å². The molecule has 106 heavy (non-hydrogen) atoms. The number of carbonyl (C=O) groups is 1. The summed E-state index contributed by atoms with van der Waals surface area (Å²) >= 11 is 0. The first kappa shape index (κ1) is 98.2. The molecule has 3 aliphatic heterocycles. The van der Waals surface area contributed by atoms with E-state index in [9.17, 15) is 61.0 Å². The molecule has 17 unspecified atom stereocenters.